The number of hydrogen-bond acceptors (Lipinski definition) is 2. The third-order valence-corrected chi connectivity index (χ3v) is 12.0. The van der Waals surface area contributed by atoms with Gasteiger partial charge in [0, 0.05) is 29.2 Å². The molecule has 0 aliphatic heterocycles. The van der Waals surface area contributed by atoms with Gasteiger partial charge >= 0.3 is 0 Å². The highest BCUT2D eigenvalue weighted by Gasteiger charge is 2.25. The summed E-state index contributed by atoms with van der Waals surface area (Å²) < 4.78 is 13.5. The SMILES string of the molecule is CC(C)c1cccc(C(C)C)c1-c1ccnc(-n2c3ccccc3c3ccc(Oc4cc(-n5[c-][n+](-c6ccc(C(C)(C)C)cc6)c(C(C)(C)C)c5)cc(C(C)(C)C)c4)cc32)c1. The molecule has 8 aromatic rings. The van der Waals surface area contributed by atoms with Crippen LogP contribution in [0.1, 0.15) is 130 Å². The van der Waals surface area contributed by atoms with Gasteiger partial charge in [0.25, 0.3) is 6.33 Å². The molecule has 0 amide bonds. The first-order chi connectivity index (χ1) is 28.8. The normalized spacial score (nSPS) is 12.6. The van der Waals surface area contributed by atoms with Crippen LogP contribution >= 0.6 is 0 Å². The third kappa shape index (κ3) is 8.15. The van der Waals surface area contributed by atoms with Crippen molar-refractivity contribution in [2.24, 2.45) is 0 Å². The van der Waals surface area contributed by atoms with Crippen molar-refractivity contribution in [3.63, 3.8) is 0 Å². The van der Waals surface area contributed by atoms with Crippen LogP contribution in [0.5, 0.6) is 11.5 Å². The fourth-order valence-electron chi connectivity index (χ4n) is 8.53. The fraction of sp³-hybridized carbons (Fsp3) is 0.321. The summed E-state index contributed by atoms with van der Waals surface area (Å²) in [6, 6.07) is 41.7. The average Bonchev–Trinajstić information content (AvgIpc) is 3.81. The largest absolute Gasteiger partial charge is 0.458 e. The topological polar surface area (TPSA) is 35.9 Å². The summed E-state index contributed by atoms with van der Waals surface area (Å²) in [5.41, 5.74) is 12.9. The minimum atomic E-state index is -0.123. The standard InChI is InChI=1S/C56H62N4O/c1-36(2)45-18-16-19-46(37(3)4)53(45)38-27-28-57-52(29-38)60-49-20-15-14-17-47(49)48-26-25-43(33-50(48)60)61-44-31-40(55(8,9)10)30-42(32-44)58-34-51(56(11,12)13)59(35-58)41-23-21-39(22-24-41)54(5,6)7/h14-34,36-37H,1-13H3. The molecule has 312 valence electrons. The van der Waals surface area contributed by atoms with Gasteiger partial charge in [-0.05, 0) is 122 Å². The number of imidazole rings is 1. The summed E-state index contributed by atoms with van der Waals surface area (Å²) in [4.78, 5) is 5.03. The summed E-state index contributed by atoms with van der Waals surface area (Å²) in [7, 11) is 0. The molecule has 0 radical (unpaired) electrons. The molecule has 0 fully saturated rings. The molecule has 0 aliphatic carbocycles. The van der Waals surface area contributed by atoms with E-state index in [-0.39, 0.29) is 16.2 Å². The zero-order chi connectivity index (χ0) is 43.6. The number of rotatable bonds is 8. The number of aromatic nitrogens is 4. The first kappa shape index (κ1) is 41.8. The van der Waals surface area contributed by atoms with E-state index < -0.39 is 0 Å². The van der Waals surface area contributed by atoms with Crippen LogP contribution in [0.2, 0.25) is 0 Å². The predicted molar refractivity (Wildman–Crippen MR) is 255 cm³/mol. The Morgan fingerprint density at radius 2 is 1.25 bits per heavy atom. The Hall–Kier alpha value is -5.94. The van der Waals surface area contributed by atoms with Gasteiger partial charge in [0.05, 0.1) is 28.1 Å². The van der Waals surface area contributed by atoms with Gasteiger partial charge in [-0.25, -0.2) is 4.98 Å². The van der Waals surface area contributed by atoms with Crippen LogP contribution in [0.3, 0.4) is 0 Å². The van der Waals surface area contributed by atoms with Gasteiger partial charge in [0.15, 0.2) is 0 Å². The molecule has 0 bridgehead atoms. The minimum Gasteiger partial charge on any atom is -0.458 e. The summed E-state index contributed by atoms with van der Waals surface area (Å²) in [5.74, 6) is 3.19. The second-order valence-corrected chi connectivity index (χ2v) is 20.5. The Kier molecular flexibility index (Phi) is 10.6. The van der Waals surface area contributed by atoms with Crippen LogP contribution in [0.4, 0.5) is 0 Å². The molecule has 0 atom stereocenters. The predicted octanol–water partition coefficient (Wildman–Crippen LogP) is 14.6. The van der Waals surface area contributed by atoms with Crippen LogP contribution in [0.25, 0.3) is 50.1 Å². The molecule has 5 heteroatoms. The number of hydrogen-bond donors (Lipinski definition) is 0. The molecule has 0 aliphatic rings. The smallest absolute Gasteiger partial charge is 0.269 e. The van der Waals surface area contributed by atoms with E-state index in [1.54, 1.807) is 0 Å². The van der Waals surface area contributed by atoms with Crippen molar-refractivity contribution in [2.75, 3.05) is 0 Å². The van der Waals surface area contributed by atoms with Crippen LogP contribution in [0.15, 0.2) is 128 Å². The molecule has 5 aromatic carbocycles. The highest BCUT2D eigenvalue weighted by molar-refractivity contribution is 6.09. The monoisotopic (exact) mass is 806 g/mol. The summed E-state index contributed by atoms with van der Waals surface area (Å²) in [6.45, 7) is 29.4. The molecule has 3 heterocycles. The van der Waals surface area contributed by atoms with Crippen molar-refractivity contribution in [3.05, 3.63) is 162 Å². The van der Waals surface area contributed by atoms with Gasteiger partial charge in [0.2, 0.25) is 0 Å². The third-order valence-electron chi connectivity index (χ3n) is 12.0. The Morgan fingerprint density at radius 3 is 1.89 bits per heavy atom. The molecule has 0 unspecified atom stereocenters. The summed E-state index contributed by atoms with van der Waals surface area (Å²) in [5, 5.41) is 2.33. The number of benzene rings is 5. The molecule has 8 rings (SSSR count). The van der Waals surface area contributed by atoms with E-state index in [0.29, 0.717) is 11.8 Å². The Bertz CT molecular complexity index is 2860. The van der Waals surface area contributed by atoms with Gasteiger partial charge < -0.3 is 4.74 Å². The van der Waals surface area contributed by atoms with Crippen molar-refractivity contribution in [3.8, 4) is 39.8 Å². The number of para-hydroxylation sites is 1. The lowest BCUT2D eigenvalue weighted by Gasteiger charge is -2.22. The molecule has 5 nitrogen and oxygen atoms in total. The zero-order valence-electron chi connectivity index (χ0n) is 38.5. The van der Waals surface area contributed by atoms with Crippen LogP contribution in [0, 0.1) is 6.33 Å². The maximum absolute atomic E-state index is 6.91. The second-order valence-electron chi connectivity index (χ2n) is 20.5. The molecule has 3 aromatic heterocycles. The maximum atomic E-state index is 6.91. The highest BCUT2D eigenvalue weighted by atomic mass is 16.5. The van der Waals surface area contributed by atoms with Crippen molar-refractivity contribution in [1.82, 2.24) is 14.1 Å². The summed E-state index contributed by atoms with van der Waals surface area (Å²) >= 11 is 0. The summed E-state index contributed by atoms with van der Waals surface area (Å²) in [6.07, 6.45) is 7.90. The average molecular weight is 807 g/mol. The van der Waals surface area contributed by atoms with Gasteiger partial charge in [-0.1, -0.05) is 139 Å². The van der Waals surface area contributed by atoms with E-state index >= 15 is 0 Å². The van der Waals surface area contributed by atoms with E-state index in [4.69, 9.17) is 9.72 Å². The van der Waals surface area contributed by atoms with Crippen molar-refractivity contribution in [1.29, 1.82) is 0 Å². The van der Waals surface area contributed by atoms with E-state index in [0.717, 1.165) is 45.1 Å². The van der Waals surface area contributed by atoms with Gasteiger partial charge in [-0.15, -0.1) is 0 Å². The van der Waals surface area contributed by atoms with Crippen molar-refractivity contribution < 1.29 is 9.30 Å². The number of nitrogens with zero attached hydrogens (tertiary/aromatic N) is 4. The molecular weight excluding hydrogens is 745 g/mol. The first-order valence-electron chi connectivity index (χ1n) is 21.9. The van der Waals surface area contributed by atoms with Crippen LogP contribution in [-0.2, 0) is 16.2 Å². The Labute approximate surface area is 363 Å². The van der Waals surface area contributed by atoms with Crippen LogP contribution < -0.4 is 9.30 Å². The Morgan fingerprint density at radius 1 is 0.590 bits per heavy atom. The van der Waals surface area contributed by atoms with Crippen molar-refractivity contribution in [2.45, 2.75) is 118 Å². The van der Waals surface area contributed by atoms with E-state index in [2.05, 4.69) is 231 Å². The lowest BCUT2D eigenvalue weighted by molar-refractivity contribution is -0.611. The van der Waals surface area contributed by atoms with E-state index in [9.17, 15) is 0 Å². The zero-order valence-corrected chi connectivity index (χ0v) is 38.5. The van der Waals surface area contributed by atoms with Gasteiger partial charge in [-0.2, -0.15) is 0 Å². The van der Waals surface area contributed by atoms with E-state index in [1.165, 1.54) is 44.5 Å². The van der Waals surface area contributed by atoms with Crippen LogP contribution in [-0.4, -0.2) is 14.1 Å². The minimum absolute atomic E-state index is 0.0798. The lowest BCUT2D eigenvalue weighted by atomic mass is 9.85. The van der Waals surface area contributed by atoms with Crippen molar-refractivity contribution >= 4 is 21.8 Å². The lowest BCUT2D eigenvalue weighted by Crippen LogP contribution is -2.38. The quantitative estimate of drug-likeness (QED) is 0.113. The van der Waals surface area contributed by atoms with E-state index in [1.807, 2.05) is 6.20 Å². The number of ether oxygens (including phenoxy) is 1. The number of fused-ring (bicyclic) bond motifs is 3. The molecule has 0 saturated heterocycles. The molecule has 0 spiro atoms. The molecule has 61 heavy (non-hydrogen) atoms. The highest BCUT2D eigenvalue weighted by Crippen LogP contribution is 2.40. The molecular formula is C56H62N4O. The van der Waals surface area contributed by atoms with Gasteiger partial charge in [-0.3, -0.25) is 13.7 Å². The second kappa shape index (κ2) is 15.5. The fourth-order valence-corrected chi connectivity index (χ4v) is 8.53. The Balaban J connectivity index is 1.24. The molecule has 0 saturated carbocycles. The number of pyridine rings is 1. The van der Waals surface area contributed by atoms with Gasteiger partial charge in [0.1, 0.15) is 17.3 Å². The first-order valence-corrected chi connectivity index (χ1v) is 21.9. The molecule has 0 N–H and O–H groups in total. The maximum Gasteiger partial charge on any atom is 0.269 e.